The number of urea groups is 1. The zero-order valence-electron chi connectivity index (χ0n) is 18.7. The molecule has 0 unspecified atom stereocenters. The average Bonchev–Trinajstić information content (AvgIpc) is 3.45. The van der Waals surface area contributed by atoms with Gasteiger partial charge >= 0.3 is 6.03 Å². The Morgan fingerprint density at radius 1 is 1.16 bits per heavy atom. The van der Waals surface area contributed by atoms with Crippen LogP contribution >= 0.6 is 0 Å². The minimum atomic E-state index is -0.00387. The Morgan fingerprint density at radius 2 is 2.00 bits per heavy atom. The van der Waals surface area contributed by atoms with Crippen molar-refractivity contribution in [1.29, 1.82) is 0 Å². The van der Waals surface area contributed by atoms with E-state index in [1.54, 1.807) is 0 Å². The van der Waals surface area contributed by atoms with Gasteiger partial charge in [-0.3, -0.25) is 0 Å². The number of hydrogen-bond donors (Lipinski definition) is 0. The molecule has 3 fully saturated rings. The van der Waals surface area contributed by atoms with Crippen molar-refractivity contribution in [3.63, 3.8) is 0 Å². The zero-order chi connectivity index (χ0) is 21.2. The number of hydrogen-bond acceptors (Lipinski definition) is 4. The molecular weight excluding hydrogens is 390 g/mol. The largest absolute Gasteiger partial charge is 0.438 e. The Balaban J connectivity index is 1.35. The summed E-state index contributed by atoms with van der Waals surface area (Å²) in [5.41, 5.74) is 4.59. The predicted octanol–water partition coefficient (Wildman–Crippen LogP) is 4.81. The minimum Gasteiger partial charge on any atom is -0.438 e. The van der Waals surface area contributed by atoms with E-state index in [-0.39, 0.29) is 23.6 Å². The molecule has 6 heteroatoms. The number of piperidine rings is 2. The highest BCUT2D eigenvalue weighted by atomic mass is 16.5. The number of aromatic nitrogens is 1. The number of amides is 2. The maximum Gasteiger partial charge on any atom is 0.320 e. The molecule has 0 N–H and O–H groups in total. The van der Waals surface area contributed by atoms with Crippen molar-refractivity contribution in [3.8, 4) is 0 Å². The summed E-state index contributed by atoms with van der Waals surface area (Å²) in [6, 6.07) is 4.96. The summed E-state index contributed by atoms with van der Waals surface area (Å²) in [7, 11) is 0. The van der Waals surface area contributed by atoms with E-state index in [2.05, 4.69) is 35.8 Å². The Kier molecular flexibility index (Phi) is 4.57. The molecule has 2 amide bonds. The lowest BCUT2D eigenvalue weighted by Crippen LogP contribution is -2.62. The molecule has 4 atom stereocenters. The molecule has 6 rings (SSSR count). The fourth-order valence-electron chi connectivity index (χ4n) is 6.48. The van der Waals surface area contributed by atoms with Gasteiger partial charge in [-0.05, 0) is 79.5 Å². The SMILES string of the molecule is C[C@@H]1[C@H]2Cc3cc4oc([C@@H]5CCCO5)nc4cc3[C@]1(C)CCN2C(=O)N1CCCCC1. The van der Waals surface area contributed by atoms with E-state index in [1.807, 2.05) is 0 Å². The average molecular weight is 424 g/mol. The second kappa shape index (κ2) is 7.22. The van der Waals surface area contributed by atoms with Gasteiger partial charge in [0.25, 0.3) is 0 Å². The van der Waals surface area contributed by atoms with Gasteiger partial charge < -0.3 is 19.0 Å². The van der Waals surface area contributed by atoms with Crippen LogP contribution in [0, 0.1) is 5.92 Å². The molecule has 0 saturated carbocycles. The van der Waals surface area contributed by atoms with Crippen molar-refractivity contribution in [3.05, 3.63) is 29.2 Å². The van der Waals surface area contributed by atoms with E-state index in [1.165, 1.54) is 17.5 Å². The highest BCUT2D eigenvalue weighted by Gasteiger charge is 2.50. The molecule has 4 heterocycles. The van der Waals surface area contributed by atoms with E-state index >= 15 is 0 Å². The van der Waals surface area contributed by atoms with Crippen LogP contribution in [-0.4, -0.2) is 53.1 Å². The van der Waals surface area contributed by atoms with Crippen LogP contribution in [0.2, 0.25) is 0 Å². The first-order valence-corrected chi connectivity index (χ1v) is 12.2. The van der Waals surface area contributed by atoms with Crippen LogP contribution in [0.25, 0.3) is 11.1 Å². The van der Waals surface area contributed by atoms with Gasteiger partial charge in [-0.15, -0.1) is 0 Å². The summed E-state index contributed by atoms with van der Waals surface area (Å²) >= 11 is 0. The summed E-state index contributed by atoms with van der Waals surface area (Å²) in [5, 5.41) is 0. The normalized spacial score (nSPS) is 33.0. The van der Waals surface area contributed by atoms with Crippen LogP contribution in [0.15, 0.2) is 16.5 Å². The summed E-state index contributed by atoms with van der Waals surface area (Å²) in [4.78, 5) is 22.5. The van der Waals surface area contributed by atoms with Gasteiger partial charge in [0, 0.05) is 32.3 Å². The molecule has 0 spiro atoms. The van der Waals surface area contributed by atoms with Crippen LogP contribution in [0.5, 0.6) is 0 Å². The maximum absolute atomic E-state index is 13.4. The zero-order valence-corrected chi connectivity index (χ0v) is 18.7. The quantitative estimate of drug-likeness (QED) is 0.660. The molecule has 1 aromatic carbocycles. The molecule has 1 aromatic heterocycles. The Labute approximate surface area is 183 Å². The van der Waals surface area contributed by atoms with E-state index < -0.39 is 0 Å². The van der Waals surface area contributed by atoms with Crippen LogP contribution in [0.4, 0.5) is 4.79 Å². The van der Waals surface area contributed by atoms with Gasteiger partial charge in [-0.1, -0.05) is 13.8 Å². The number of rotatable bonds is 1. The number of carbonyl (C=O) groups is 1. The fourth-order valence-corrected chi connectivity index (χ4v) is 6.48. The van der Waals surface area contributed by atoms with Crippen LogP contribution in [0.3, 0.4) is 0 Å². The number of benzene rings is 1. The predicted molar refractivity (Wildman–Crippen MR) is 118 cm³/mol. The number of ether oxygens (including phenoxy) is 1. The first-order valence-electron chi connectivity index (χ1n) is 12.2. The van der Waals surface area contributed by atoms with Crippen molar-refractivity contribution in [2.75, 3.05) is 26.2 Å². The Bertz CT molecular complexity index is 1000. The van der Waals surface area contributed by atoms with E-state index in [9.17, 15) is 4.79 Å². The molecular formula is C25H33N3O3. The molecule has 0 radical (unpaired) electrons. The molecule has 2 aromatic rings. The van der Waals surface area contributed by atoms with E-state index in [4.69, 9.17) is 14.1 Å². The highest BCUT2D eigenvalue weighted by molar-refractivity contribution is 5.78. The highest BCUT2D eigenvalue weighted by Crippen LogP contribution is 2.50. The molecule has 6 nitrogen and oxygen atoms in total. The fraction of sp³-hybridized carbons (Fsp3) is 0.680. The smallest absolute Gasteiger partial charge is 0.320 e. The van der Waals surface area contributed by atoms with Gasteiger partial charge in [0.15, 0.2) is 5.58 Å². The monoisotopic (exact) mass is 423 g/mol. The van der Waals surface area contributed by atoms with Crippen LogP contribution in [0.1, 0.15) is 75.5 Å². The third-order valence-electron chi connectivity index (χ3n) is 8.61. The van der Waals surface area contributed by atoms with Gasteiger partial charge in [-0.25, -0.2) is 9.78 Å². The molecule has 31 heavy (non-hydrogen) atoms. The molecule has 166 valence electrons. The summed E-state index contributed by atoms with van der Waals surface area (Å²) < 4.78 is 11.9. The van der Waals surface area contributed by atoms with Gasteiger partial charge in [-0.2, -0.15) is 0 Å². The first kappa shape index (κ1) is 19.6. The van der Waals surface area contributed by atoms with Crippen LogP contribution < -0.4 is 0 Å². The standard InChI is InChI=1S/C25H33N3O3/c1-16-20-13-17-14-22-19(26-23(31-22)21-7-6-12-30-21)15-18(17)25(16,2)8-11-28(20)24(29)27-9-4-3-5-10-27/h14-16,20-21H,3-13H2,1-2H3/t16-,20-,21+,25-/m1/s1. The van der Waals surface area contributed by atoms with Crippen molar-refractivity contribution >= 4 is 17.1 Å². The summed E-state index contributed by atoms with van der Waals surface area (Å²) in [6.45, 7) is 8.19. The lowest BCUT2D eigenvalue weighted by Gasteiger charge is -2.55. The molecule has 1 aliphatic carbocycles. The lowest BCUT2D eigenvalue weighted by atomic mass is 9.59. The van der Waals surface area contributed by atoms with Gasteiger partial charge in [0.05, 0.1) is 0 Å². The topological polar surface area (TPSA) is 58.8 Å². The van der Waals surface area contributed by atoms with Crippen molar-refractivity contribution < 1.29 is 13.9 Å². The molecule has 3 saturated heterocycles. The number of fused-ring (bicyclic) bond motifs is 5. The third-order valence-corrected chi connectivity index (χ3v) is 8.61. The maximum atomic E-state index is 13.4. The second-order valence-electron chi connectivity index (χ2n) is 10.3. The lowest BCUT2D eigenvalue weighted by molar-refractivity contribution is 0.0386. The Morgan fingerprint density at radius 3 is 2.77 bits per heavy atom. The van der Waals surface area contributed by atoms with Gasteiger partial charge in [0.2, 0.25) is 5.89 Å². The van der Waals surface area contributed by atoms with E-state index in [0.29, 0.717) is 5.92 Å². The number of oxazole rings is 1. The number of likely N-dealkylation sites (tertiary alicyclic amines) is 2. The number of nitrogens with zero attached hydrogens (tertiary/aromatic N) is 3. The van der Waals surface area contributed by atoms with E-state index in [0.717, 1.165) is 81.8 Å². The molecule has 4 aliphatic rings. The van der Waals surface area contributed by atoms with Crippen molar-refractivity contribution in [1.82, 2.24) is 14.8 Å². The summed E-state index contributed by atoms with van der Waals surface area (Å²) in [5.74, 6) is 1.14. The minimum absolute atomic E-state index is 0.00387. The Hall–Kier alpha value is -2.08. The molecule has 2 bridgehead atoms. The third kappa shape index (κ3) is 3.01. The number of carbonyl (C=O) groups excluding carboxylic acids is 1. The van der Waals surface area contributed by atoms with Crippen LogP contribution in [-0.2, 0) is 16.6 Å². The first-order chi connectivity index (χ1) is 15.0. The van der Waals surface area contributed by atoms with Crippen molar-refractivity contribution in [2.24, 2.45) is 5.92 Å². The second-order valence-corrected chi connectivity index (χ2v) is 10.3. The molecule has 3 aliphatic heterocycles. The van der Waals surface area contributed by atoms with Gasteiger partial charge in [0.1, 0.15) is 11.6 Å². The van der Waals surface area contributed by atoms with Crippen molar-refractivity contribution in [2.45, 2.75) is 76.4 Å². The summed E-state index contributed by atoms with van der Waals surface area (Å²) in [6.07, 6.45) is 7.46.